The third-order valence-corrected chi connectivity index (χ3v) is 3.14. The van der Waals surface area contributed by atoms with Crippen LogP contribution in [-0.2, 0) is 6.54 Å². The Bertz CT molecular complexity index is 730. The minimum Gasteiger partial charge on any atom is -0.490 e. The highest BCUT2D eigenvalue weighted by Gasteiger charge is 2.21. The number of anilines is 1. The van der Waals surface area contributed by atoms with Gasteiger partial charge in [-0.15, -0.1) is 0 Å². The van der Waals surface area contributed by atoms with Crippen LogP contribution in [0.2, 0.25) is 0 Å². The first-order chi connectivity index (χ1) is 12.0. The molecular weight excluding hydrogens is 330 g/mol. The molecule has 0 bridgehead atoms. The number of hydrogen-bond acceptors (Lipinski definition) is 6. The smallest absolute Gasteiger partial charge is 0.319 e. The molecule has 0 aliphatic carbocycles. The molecule has 1 aromatic carbocycles. The number of hydrogen-bond donors (Lipinski definition) is 2. The van der Waals surface area contributed by atoms with Crippen LogP contribution in [-0.4, -0.2) is 24.2 Å². The van der Waals surface area contributed by atoms with Crippen LogP contribution < -0.4 is 20.1 Å². The summed E-state index contributed by atoms with van der Waals surface area (Å²) < 4.78 is 15.7. The Morgan fingerprint density at radius 3 is 2.48 bits per heavy atom. The number of nitrogens with zero attached hydrogens (tertiary/aromatic N) is 1. The van der Waals surface area contributed by atoms with E-state index in [0.29, 0.717) is 19.0 Å². The van der Waals surface area contributed by atoms with Gasteiger partial charge >= 0.3 is 6.03 Å². The highest BCUT2D eigenvalue weighted by atomic mass is 16.6. The predicted molar refractivity (Wildman–Crippen MR) is 90.0 cm³/mol. The summed E-state index contributed by atoms with van der Waals surface area (Å²) in [6.07, 6.45) is 2.98. The number of carbonyl (C=O) groups is 1. The van der Waals surface area contributed by atoms with Crippen LogP contribution in [0.3, 0.4) is 0 Å². The number of rotatable bonds is 8. The molecule has 0 aliphatic rings. The van der Waals surface area contributed by atoms with E-state index in [1.807, 2.05) is 0 Å². The van der Waals surface area contributed by atoms with E-state index >= 15 is 0 Å². The van der Waals surface area contributed by atoms with Crippen molar-refractivity contribution in [3.05, 3.63) is 46.4 Å². The first-order valence-electron chi connectivity index (χ1n) is 7.69. The average molecular weight is 349 g/mol. The number of benzene rings is 1. The van der Waals surface area contributed by atoms with E-state index in [2.05, 4.69) is 10.6 Å². The Kier molecular flexibility index (Phi) is 6.21. The van der Waals surface area contributed by atoms with Crippen molar-refractivity contribution in [2.24, 2.45) is 0 Å². The number of carbonyl (C=O) groups excluding carboxylic acids is 1. The van der Waals surface area contributed by atoms with Gasteiger partial charge < -0.3 is 24.5 Å². The molecule has 2 N–H and O–H groups in total. The summed E-state index contributed by atoms with van der Waals surface area (Å²) in [4.78, 5) is 22.7. The third-order valence-electron chi connectivity index (χ3n) is 3.14. The Labute approximate surface area is 144 Å². The minimum absolute atomic E-state index is 0.0154. The van der Waals surface area contributed by atoms with Gasteiger partial charge in [0.15, 0.2) is 11.5 Å². The molecule has 9 nitrogen and oxygen atoms in total. The zero-order valence-electron chi connectivity index (χ0n) is 13.9. The van der Waals surface area contributed by atoms with Crippen molar-refractivity contribution >= 4 is 17.4 Å². The third kappa shape index (κ3) is 4.87. The van der Waals surface area contributed by atoms with Gasteiger partial charge in [0.25, 0.3) is 5.69 Å². The number of amides is 2. The molecule has 0 unspecified atom stereocenters. The van der Waals surface area contributed by atoms with Gasteiger partial charge in [0.2, 0.25) is 0 Å². The highest BCUT2D eigenvalue weighted by Crippen LogP contribution is 2.38. The Hall–Kier alpha value is -3.23. The van der Waals surface area contributed by atoms with Gasteiger partial charge in [0.05, 0.1) is 36.7 Å². The molecule has 0 radical (unpaired) electrons. The second kappa shape index (κ2) is 8.57. The molecule has 9 heteroatoms. The number of furan rings is 1. The number of nitro benzene ring substituents is 1. The lowest BCUT2D eigenvalue weighted by Gasteiger charge is -2.13. The number of nitrogens with one attached hydrogen (secondary N) is 2. The summed E-state index contributed by atoms with van der Waals surface area (Å²) in [6, 6.07) is 3.73. The molecule has 1 heterocycles. The molecule has 1 aromatic heterocycles. The van der Waals surface area contributed by atoms with E-state index in [4.69, 9.17) is 13.9 Å². The standard InChI is InChI=1S/C16H19N3O6/c1-3-24-14-7-12(13(19(21)22)8-15(14)25-4-2)18-16(20)17-9-11-5-6-23-10-11/h5-8,10H,3-4,9H2,1-2H3,(H2,17,18,20). The Balaban J connectivity index is 2.20. The summed E-state index contributed by atoms with van der Waals surface area (Å²) in [7, 11) is 0. The fourth-order valence-corrected chi connectivity index (χ4v) is 2.08. The van der Waals surface area contributed by atoms with Crippen LogP contribution in [0.4, 0.5) is 16.2 Å². The van der Waals surface area contributed by atoms with E-state index in [1.54, 1.807) is 19.9 Å². The van der Waals surface area contributed by atoms with E-state index < -0.39 is 11.0 Å². The normalized spacial score (nSPS) is 10.2. The van der Waals surface area contributed by atoms with Crippen molar-refractivity contribution < 1.29 is 23.6 Å². The molecule has 0 spiro atoms. The van der Waals surface area contributed by atoms with E-state index in [-0.39, 0.29) is 23.7 Å². The second-order valence-corrected chi connectivity index (χ2v) is 4.88. The SMILES string of the molecule is CCOc1cc(NC(=O)NCc2ccoc2)c([N+](=O)[O-])cc1OCC. The molecule has 2 rings (SSSR count). The van der Waals surface area contributed by atoms with Gasteiger partial charge in [-0.3, -0.25) is 10.1 Å². The first kappa shape index (κ1) is 18.1. The topological polar surface area (TPSA) is 116 Å². The molecule has 0 saturated carbocycles. The summed E-state index contributed by atoms with van der Waals surface area (Å²) >= 11 is 0. The zero-order chi connectivity index (χ0) is 18.2. The summed E-state index contributed by atoms with van der Waals surface area (Å²) in [5.41, 5.74) is 0.498. The van der Waals surface area contributed by atoms with Crippen LogP contribution in [0.25, 0.3) is 0 Å². The molecule has 0 saturated heterocycles. The van der Waals surface area contributed by atoms with Crippen LogP contribution in [0.15, 0.2) is 35.1 Å². The quantitative estimate of drug-likeness (QED) is 0.558. The molecular formula is C16H19N3O6. The fraction of sp³-hybridized carbons (Fsp3) is 0.312. The molecule has 2 aromatic rings. The van der Waals surface area contributed by atoms with E-state index in [9.17, 15) is 14.9 Å². The van der Waals surface area contributed by atoms with Crippen molar-refractivity contribution in [2.45, 2.75) is 20.4 Å². The molecule has 0 aliphatic heterocycles. The maximum Gasteiger partial charge on any atom is 0.319 e. The van der Waals surface area contributed by atoms with Gasteiger partial charge in [0.1, 0.15) is 5.69 Å². The van der Waals surface area contributed by atoms with Crippen molar-refractivity contribution in [3.63, 3.8) is 0 Å². The average Bonchev–Trinajstić information content (AvgIpc) is 3.09. The largest absolute Gasteiger partial charge is 0.490 e. The van der Waals surface area contributed by atoms with Crippen LogP contribution >= 0.6 is 0 Å². The van der Waals surface area contributed by atoms with Gasteiger partial charge in [0, 0.05) is 18.2 Å². The number of nitro groups is 1. The zero-order valence-corrected chi connectivity index (χ0v) is 13.9. The van der Waals surface area contributed by atoms with Gasteiger partial charge in [-0.25, -0.2) is 4.79 Å². The summed E-state index contributed by atoms with van der Waals surface area (Å²) in [5.74, 6) is 0.570. The molecule has 0 fully saturated rings. The maximum atomic E-state index is 12.0. The molecule has 25 heavy (non-hydrogen) atoms. The first-order valence-corrected chi connectivity index (χ1v) is 7.69. The van der Waals surface area contributed by atoms with E-state index in [0.717, 1.165) is 5.56 Å². The lowest BCUT2D eigenvalue weighted by molar-refractivity contribution is -0.384. The number of ether oxygens (including phenoxy) is 2. The van der Waals surface area contributed by atoms with Crippen molar-refractivity contribution in [3.8, 4) is 11.5 Å². The molecule has 0 atom stereocenters. The summed E-state index contributed by atoms with van der Waals surface area (Å²) in [5, 5.41) is 16.3. The van der Waals surface area contributed by atoms with Crippen LogP contribution in [0.1, 0.15) is 19.4 Å². The highest BCUT2D eigenvalue weighted by molar-refractivity contribution is 5.92. The predicted octanol–water partition coefficient (Wildman–Crippen LogP) is 3.31. The summed E-state index contributed by atoms with van der Waals surface area (Å²) in [6.45, 7) is 4.45. The van der Waals surface area contributed by atoms with Gasteiger partial charge in [-0.2, -0.15) is 0 Å². The fourth-order valence-electron chi connectivity index (χ4n) is 2.08. The van der Waals surface area contributed by atoms with Gasteiger partial charge in [-0.05, 0) is 19.9 Å². The minimum atomic E-state index is -0.593. The van der Waals surface area contributed by atoms with Gasteiger partial charge in [-0.1, -0.05) is 0 Å². The van der Waals surface area contributed by atoms with Crippen LogP contribution in [0.5, 0.6) is 11.5 Å². The second-order valence-electron chi connectivity index (χ2n) is 4.88. The Morgan fingerprint density at radius 2 is 1.92 bits per heavy atom. The monoisotopic (exact) mass is 349 g/mol. The number of urea groups is 1. The lowest BCUT2D eigenvalue weighted by atomic mass is 10.2. The van der Waals surface area contributed by atoms with Crippen LogP contribution in [0, 0.1) is 10.1 Å². The van der Waals surface area contributed by atoms with E-state index in [1.165, 1.54) is 24.7 Å². The molecule has 134 valence electrons. The lowest BCUT2D eigenvalue weighted by Crippen LogP contribution is -2.28. The molecule has 2 amide bonds. The maximum absolute atomic E-state index is 12.0. The van der Waals surface area contributed by atoms with Crippen molar-refractivity contribution in [2.75, 3.05) is 18.5 Å². The Morgan fingerprint density at radius 1 is 1.24 bits per heavy atom. The van der Waals surface area contributed by atoms with Crippen molar-refractivity contribution in [1.29, 1.82) is 0 Å². The van der Waals surface area contributed by atoms with Crippen molar-refractivity contribution in [1.82, 2.24) is 5.32 Å².